The zero-order valence-electron chi connectivity index (χ0n) is 11.4. The second-order valence-electron chi connectivity index (χ2n) is 4.93. The second-order valence-corrected chi connectivity index (χ2v) is 4.93. The molecule has 104 valence electrons. The van der Waals surface area contributed by atoms with Crippen molar-refractivity contribution in [2.45, 2.75) is 50.7 Å². The monoisotopic (exact) mass is 263 g/mol. The van der Waals surface area contributed by atoms with Gasteiger partial charge in [-0.25, -0.2) is 0 Å². The summed E-state index contributed by atoms with van der Waals surface area (Å²) in [4.78, 5) is 4.46. The van der Waals surface area contributed by atoms with Gasteiger partial charge in [-0.15, -0.1) is 6.42 Å². The van der Waals surface area contributed by atoms with Gasteiger partial charge in [0.05, 0.1) is 13.1 Å². The van der Waals surface area contributed by atoms with E-state index >= 15 is 0 Å². The Labute approximate surface area is 114 Å². The minimum Gasteiger partial charge on any atom is -0.370 e. The van der Waals surface area contributed by atoms with Crippen molar-refractivity contribution in [3.05, 3.63) is 11.7 Å². The molecule has 1 N–H and O–H groups in total. The van der Waals surface area contributed by atoms with Crippen molar-refractivity contribution in [1.82, 2.24) is 15.5 Å². The smallest absolute Gasteiger partial charge is 0.240 e. The minimum absolute atomic E-state index is 0.371. The van der Waals surface area contributed by atoms with E-state index in [1.165, 1.54) is 12.8 Å². The maximum absolute atomic E-state index is 5.75. The van der Waals surface area contributed by atoms with Gasteiger partial charge in [0.2, 0.25) is 11.7 Å². The topological polar surface area (TPSA) is 60.2 Å². The largest absolute Gasteiger partial charge is 0.370 e. The first-order valence-electron chi connectivity index (χ1n) is 6.83. The van der Waals surface area contributed by atoms with E-state index in [1.807, 2.05) is 0 Å². The number of rotatable bonds is 5. The number of terminal acetylenes is 1. The van der Waals surface area contributed by atoms with Crippen LogP contribution < -0.4 is 5.32 Å². The molecule has 0 aromatic carbocycles. The van der Waals surface area contributed by atoms with Crippen LogP contribution in [0.25, 0.3) is 0 Å². The van der Waals surface area contributed by atoms with Crippen molar-refractivity contribution >= 4 is 0 Å². The molecule has 1 saturated carbocycles. The van der Waals surface area contributed by atoms with Crippen LogP contribution in [0, 0.1) is 12.3 Å². The fourth-order valence-corrected chi connectivity index (χ4v) is 2.57. The van der Waals surface area contributed by atoms with Gasteiger partial charge in [-0.05, 0) is 12.8 Å². The predicted molar refractivity (Wildman–Crippen MR) is 71.2 cm³/mol. The summed E-state index contributed by atoms with van der Waals surface area (Å²) < 4.78 is 11.0. The summed E-state index contributed by atoms with van der Waals surface area (Å²) >= 11 is 0. The molecule has 0 aliphatic heterocycles. The van der Waals surface area contributed by atoms with Gasteiger partial charge in [0.25, 0.3) is 0 Å². The second kappa shape index (κ2) is 6.69. The van der Waals surface area contributed by atoms with Crippen LogP contribution in [-0.4, -0.2) is 23.8 Å². The molecule has 0 radical (unpaired) electrons. The van der Waals surface area contributed by atoms with Crippen molar-refractivity contribution in [3.63, 3.8) is 0 Å². The van der Waals surface area contributed by atoms with Crippen molar-refractivity contribution in [2.24, 2.45) is 0 Å². The fourth-order valence-electron chi connectivity index (χ4n) is 2.57. The van der Waals surface area contributed by atoms with E-state index in [0.717, 1.165) is 25.7 Å². The first kappa shape index (κ1) is 14.0. The van der Waals surface area contributed by atoms with Gasteiger partial charge in [0.1, 0.15) is 5.60 Å². The minimum atomic E-state index is -0.371. The van der Waals surface area contributed by atoms with Gasteiger partial charge in [-0.3, -0.25) is 5.32 Å². The summed E-state index contributed by atoms with van der Waals surface area (Å²) in [6.45, 7) is 0.990. The fraction of sp³-hybridized carbons (Fsp3) is 0.714. The van der Waals surface area contributed by atoms with Crippen LogP contribution in [0.5, 0.6) is 0 Å². The van der Waals surface area contributed by atoms with E-state index in [-0.39, 0.29) is 5.60 Å². The zero-order valence-corrected chi connectivity index (χ0v) is 11.4. The Balaban J connectivity index is 2.08. The van der Waals surface area contributed by atoms with Crippen LogP contribution in [0.2, 0.25) is 0 Å². The van der Waals surface area contributed by atoms with E-state index in [2.05, 4.69) is 21.4 Å². The van der Waals surface area contributed by atoms with Crippen LogP contribution in [-0.2, 0) is 16.9 Å². The first-order chi connectivity index (χ1) is 9.30. The van der Waals surface area contributed by atoms with Crippen LogP contribution >= 0.6 is 0 Å². The van der Waals surface area contributed by atoms with Crippen molar-refractivity contribution in [1.29, 1.82) is 0 Å². The molecule has 1 fully saturated rings. The van der Waals surface area contributed by atoms with Crippen LogP contribution in [0.1, 0.15) is 50.2 Å². The number of nitrogens with one attached hydrogen (secondary N) is 1. The quantitative estimate of drug-likeness (QED) is 0.500. The van der Waals surface area contributed by atoms with Gasteiger partial charge in [0.15, 0.2) is 0 Å². The molecule has 1 aliphatic carbocycles. The molecule has 0 bridgehead atoms. The number of methoxy groups -OCH3 is 1. The molecule has 1 aromatic rings. The summed E-state index contributed by atoms with van der Waals surface area (Å²) in [5.41, 5.74) is -0.371. The third-order valence-corrected chi connectivity index (χ3v) is 3.68. The Morgan fingerprint density at radius 2 is 2.11 bits per heavy atom. The third-order valence-electron chi connectivity index (χ3n) is 3.68. The number of nitrogens with zero attached hydrogens (tertiary/aromatic N) is 2. The molecule has 0 amide bonds. The molecule has 0 unspecified atom stereocenters. The highest BCUT2D eigenvalue weighted by Gasteiger charge is 2.37. The van der Waals surface area contributed by atoms with E-state index in [1.54, 1.807) is 7.11 Å². The van der Waals surface area contributed by atoms with Crippen molar-refractivity contribution < 1.29 is 9.26 Å². The Kier molecular flexibility index (Phi) is 4.94. The van der Waals surface area contributed by atoms with Crippen molar-refractivity contribution in [3.8, 4) is 12.3 Å². The van der Waals surface area contributed by atoms with Gasteiger partial charge in [0, 0.05) is 7.11 Å². The first-order valence-corrected chi connectivity index (χ1v) is 6.83. The molecule has 0 saturated heterocycles. The summed E-state index contributed by atoms with van der Waals surface area (Å²) in [7, 11) is 1.73. The summed E-state index contributed by atoms with van der Waals surface area (Å²) in [6, 6.07) is 0. The number of aromatic nitrogens is 2. The van der Waals surface area contributed by atoms with Crippen LogP contribution in [0.3, 0.4) is 0 Å². The lowest BCUT2D eigenvalue weighted by atomic mass is 9.93. The zero-order chi connectivity index (χ0) is 13.6. The average molecular weight is 263 g/mol. The van der Waals surface area contributed by atoms with Crippen LogP contribution in [0.15, 0.2) is 4.52 Å². The van der Waals surface area contributed by atoms with E-state index in [9.17, 15) is 0 Å². The highest BCUT2D eigenvalue weighted by Crippen LogP contribution is 2.37. The standard InChI is InChI=1S/C14H21N3O2/c1-3-10-15-11-12-16-13(17-19-12)14(18-2)8-6-4-5-7-9-14/h1,15H,4-11H2,2H3. The van der Waals surface area contributed by atoms with E-state index < -0.39 is 0 Å². The molecule has 19 heavy (non-hydrogen) atoms. The Bertz CT molecular complexity index is 428. The van der Waals surface area contributed by atoms with E-state index in [0.29, 0.717) is 24.8 Å². The SMILES string of the molecule is C#CCNCc1nc(C2(OC)CCCCCC2)no1. The van der Waals surface area contributed by atoms with Gasteiger partial charge in [-0.2, -0.15) is 4.98 Å². The molecule has 1 aliphatic rings. The van der Waals surface area contributed by atoms with Crippen molar-refractivity contribution in [2.75, 3.05) is 13.7 Å². The Morgan fingerprint density at radius 3 is 2.74 bits per heavy atom. The maximum Gasteiger partial charge on any atom is 0.240 e. The predicted octanol–water partition coefficient (Wildman–Crippen LogP) is 1.99. The lowest BCUT2D eigenvalue weighted by Crippen LogP contribution is -2.29. The number of hydrogen-bond donors (Lipinski definition) is 1. The normalized spacial score (nSPS) is 18.7. The van der Waals surface area contributed by atoms with Gasteiger partial charge >= 0.3 is 0 Å². The molecule has 0 spiro atoms. The van der Waals surface area contributed by atoms with Gasteiger partial charge < -0.3 is 9.26 Å². The average Bonchev–Trinajstić information content (AvgIpc) is 2.77. The molecule has 5 heteroatoms. The summed E-state index contributed by atoms with van der Waals surface area (Å²) in [6.07, 6.45) is 11.9. The highest BCUT2D eigenvalue weighted by molar-refractivity contribution is 5.03. The lowest BCUT2D eigenvalue weighted by molar-refractivity contribution is -0.0365. The molecule has 0 atom stereocenters. The molecule has 1 aromatic heterocycles. The summed E-state index contributed by atoms with van der Waals surface area (Å²) in [5, 5.41) is 7.14. The van der Waals surface area contributed by atoms with Crippen LogP contribution in [0.4, 0.5) is 0 Å². The maximum atomic E-state index is 5.75. The molecular weight excluding hydrogens is 242 g/mol. The van der Waals surface area contributed by atoms with Gasteiger partial charge in [-0.1, -0.05) is 36.8 Å². The molecular formula is C14H21N3O2. The molecule has 1 heterocycles. The number of hydrogen-bond acceptors (Lipinski definition) is 5. The molecule has 2 rings (SSSR count). The molecule has 5 nitrogen and oxygen atoms in total. The summed E-state index contributed by atoms with van der Waals surface area (Å²) in [5.74, 6) is 3.75. The lowest BCUT2D eigenvalue weighted by Gasteiger charge is -2.27. The Hall–Kier alpha value is -1.38. The Morgan fingerprint density at radius 1 is 1.37 bits per heavy atom. The highest BCUT2D eigenvalue weighted by atomic mass is 16.5. The van der Waals surface area contributed by atoms with E-state index in [4.69, 9.17) is 15.7 Å². The third kappa shape index (κ3) is 3.34. The number of ether oxygens (including phenoxy) is 1.